The summed E-state index contributed by atoms with van der Waals surface area (Å²) in [7, 11) is 0. The number of hydrogen-bond donors (Lipinski definition) is 2. The van der Waals surface area contributed by atoms with Gasteiger partial charge >= 0.3 is 0 Å². The van der Waals surface area contributed by atoms with Crippen LogP contribution in [0.1, 0.15) is 76.2 Å². The predicted molar refractivity (Wildman–Crippen MR) is 89.0 cm³/mol. The highest BCUT2D eigenvalue weighted by atomic mass is 16.5. The quantitative estimate of drug-likeness (QED) is 0.845. The predicted octanol–water partition coefficient (Wildman–Crippen LogP) is 3.12. The first-order valence-corrected chi connectivity index (χ1v) is 9.20. The molecule has 5 heteroatoms. The van der Waals surface area contributed by atoms with Gasteiger partial charge in [-0.05, 0) is 38.0 Å². The van der Waals surface area contributed by atoms with Crippen LogP contribution in [-0.4, -0.2) is 23.1 Å². The second kappa shape index (κ2) is 7.47. The molecule has 1 amide bonds. The van der Waals surface area contributed by atoms with Gasteiger partial charge in [0.2, 0.25) is 5.91 Å². The van der Waals surface area contributed by atoms with E-state index < -0.39 is 0 Å². The molecular formula is C18H29N3O2. The molecule has 0 spiro atoms. The third-order valence-corrected chi connectivity index (χ3v) is 5.60. The summed E-state index contributed by atoms with van der Waals surface area (Å²) in [6, 6.07) is 2.50. The van der Waals surface area contributed by atoms with E-state index in [9.17, 15) is 4.79 Å². The molecule has 5 nitrogen and oxygen atoms in total. The van der Waals surface area contributed by atoms with Crippen LogP contribution < -0.4 is 10.6 Å². The Labute approximate surface area is 138 Å². The van der Waals surface area contributed by atoms with Crippen molar-refractivity contribution in [3.63, 3.8) is 0 Å². The Bertz CT molecular complexity index is 510. The summed E-state index contributed by atoms with van der Waals surface area (Å²) >= 11 is 0. The fourth-order valence-corrected chi connectivity index (χ4v) is 4.13. The van der Waals surface area contributed by atoms with Gasteiger partial charge in [-0.3, -0.25) is 4.79 Å². The fourth-order valence-electron chi connectivity index (χ4n) is 4.13. The lowest BCUT2D eigenvalue weighted by molar-refractivity contribution is -0.123. The Morgan fingerprint density at radius 3 is 2.91 bits per heavy atom. The lowest BCUT2D eigenvalue weighted by Gasteiger charge is -2.24. The second-order valence-electron chi connectivity index (χ2n) is 7.06. The Balaban J connectivity index is 1.49. The maximum atomic E-state index is 12.4. The van der Waals surface area contributed by atoms with E-state index in [1.165, 1.54) is 25.7 Å². The van der Waals surface area contributed by atoms with Gasteiger partial charge in [0.05, 0.1) is 18.3 Å². The zero-order valence-electron chi connectivity index (χ0n) is 14.3. The molecule has 2 heterocycles. The van der Waals surface area contributed by atoms with E-state index >= 15 is 0 Å². The zero-order chi connectivity index (χ0) is 16.2. The van der Waals surface area contributed by atoms with Crippen molar-refractivity contribution in [3.05, 3.63) is 17.5 Å². The second-order valence-corrected chi connectivity index (χ2v) is 7.06. The number of hydrogen-bond acceptors (Lipinski definition) is 4. The summed E-state index contributed by atoms with van der Waals surface area (Å²) in [5.41, 5.74) is 1.00. The summed E-state index contributed by atoms with van der Waals surface area (Å²) in [5, 5.41) is 10.7. The lowest BCUT2D eigenvalue weighted by atomic mass is 9.85. The van der Waals surface area contributed by atoms with E-state index in [1.807, 2.05) is 6.07 Å². The van der Waals surface area contributed by atoms with Crippen molar-refractivity contribution in [2.75, 3.05) is 0 Å². The first-order chi connectivity index (χ1) is 11.2. The Hall–Kier alpha value is -1.36. The molecule has 3 rings (SSSR count). The van der Waals surface area contributed by atoms with Crippen LogP contribution in [0.15, 0.2) is 10.6 Å². The van der Waals surface area contributed by atoms with Gasteiger partial charge in [0, 0.05) is 18.0 Å². The summed E-state index contributed by atoms with van der Waals surface area (Å²) < 4.78 is 5.37. The molecule has 3 atom stereocenters. The number of fused-ring (bicyclic) bond motifs is 1. The number of rotatable bonds is 6. The van der Waals surface area contributed by atoms with Gasteiger partial charge in [-0.1, -0.05) is 31.8 Å². The van der Waals surface area contributed by atoms with Crippen molar-refractivity contribution in [1.82, 2.24) is 15.8 Å². The molecule has 1 aliphatic heterocycles. The van der Waals surface area contributed by atoms with Crippen molar-refractivity contribution in [3.8, 4) is 0 Å². The largest absolute Gasteiger partial charge is 0.359 e. The SMILES string of the molecule is CCC(CC)c1cc(CNC(=O)C2CC3CCCCC3N2)on1. The van der Waals surface area contributed by atoms with E-state index in [4.69, 9.17) is 4.52 Å². The standard InChI is InChI=1S/C18H29N3O2/c1-3-12(4-2)16-10-14(23-21-16)11-19-18(22)17-9-13-7-5-6-8-15(13)20-17/h10,12-13,15,17,20H,3-9,11H2,1-2H3,(H,19,22). The summed E-state index contributed by atoms with van der Waals surface area (Å²) in [5.74, 6) is 1.98. The van der Waals surface area contributed by atoms with Gasteiger partial charge in [-0.2, -0.15) is 0 Å². The summed E-state index contributed by atoms with van der Waals surface area (Å²) in [4.78, 5) is 12.4. The third kappa shape index (κ3) is 3.77. The molecule has 2 aliphatic rings. The van der Waals surface area contributed by atoms with Crippen LogP contribution in [0, 0.1) is 5.92 Å². The van der Waals surface area contributed by atoms with Gasteiger partial charge in [-0.25, -0.2) is 0 Å². The molecule has 3 unspecified atom stereocenters. The average Bonchev–Trinajstić information content (AvgIpc) is 3.20. The van der Waals surface area contributed by atoms with Crippen LogP contribution in [0.25, 0.3) is 0 Å². The van der Waals surface area contributed by atoms with Gasteiger partial charge < -0.3 is 15.2 Å². The molecule has 23 heavy (non-hydrogen) atoms. The van der Waals surface area contributed by atoms with Gasteiger partial charge in [0.25, 0.3) is 0 Å². The minimum Gasteiger partial charge on any atom is -0.359 e. The van der Waals surface area contributed by atoms with Crippen molar-refractivity contribution >= 4 is 5.91 Å². The molecule has 0 radical (unpaired) electrons. The summed E-state index contributed by atoms with van der Waals surface area (Å²) in [6.45, 7) is 4.75. The molecule has 1 aromatic heterocycles. The van der Waals surface area contributed by atoms with E-state index in [0.717, 1.165) is 30.7 Å². The van der Waals surface area contributed by atoms with Gasteiger partial charge in [-0.15, -0.1) is 0 Å². The molecular weight excluding hydrogens is 290 g/mol. The number of amides is 1. The van der Waals surface area contributed by atoms with E-state index in [0.29, 0.717) is 24.4 Å². The molecule has 1 aromatic rings. The molecule has 128 valence electrons. The normalized spacial score (nSPS) is 27.2. The lowest BCUT2D eigenvalue weighted by Crippen LogP contribution is -2.42. The number of aromatic nitrogens is 1. The molecule has 2 fully saturated rings. The maximum absolute atomic E-state index is 12.4. The van der Waals surface area contributed by atoms with Crippen LogP contribution in [0.5, 0.6) is 0 Å². The van der Waals surface area contributed by atoms with Crippen LogP contribution in [0.2, 0.25) is 0 Å². The first kappa shape index (κ1) is 16.5. The van der Waals surface area contributed by atoms with Crippen LogP contribution in [0.3, 0.4) is 0 Å². The van der Waals surface area contributed by atoms with Crippen molar-refractivity contribution in [2.45, 2.75) is 83.3 Å². The van der Waals surface area contributed by atoms with Crippen molar-refractivity contribution < 1.29 is 9.32 Å². The highest BCUT2D eigenvalue weighted by molar-refractivity contribution is 5.82. The minimum atomic E-state index is -0.0375. The monoisotopic (exact) mass is 319 g/mol. The Morgan fingerprint density at radius 2 is 2.17 bits per heavy atom. The van der Waals surface area contributed by atoms with Crippen LogP contribution >= 0.6 is 0 Å². The molecule has 2 N–H and O–H groups in total. The van der Waals surface area contributed by atoms with Gasteiger partial charge in [0.1, 0.15) is 0 Å². The number of nitrogens with one attached hydrogen (secondary N) is 2. The summed E-state index contributed by atoms with van der Waals surface area (Å²) in [6.07, 6.45) is 8.18. The van der Waals surface area contributed by atoms with Crippen LogP contribution in [0.4, 0.5) is 0 Å². The van der Waals surface area contributed by atoms with Crippen molar-refractivity contribution in [2.24, 2.45) is 5.92 Å². The maximum Gasteiger partial charge on any atom is 0.237 e. The highest BCUT2D eigenvalue weighted by Gasteiger charge is 2.38. The number of carbonyl (C=O) groups excluding carboxylic acids is 1. The molecule has 1 aliphatic carbocycles. The number of carbonyl (C=O) groups is 1. The molecule has 1 saturated heterocycles. The van der Waals surface area contributed by atoms with E-state index in [-0.39, 0.29) is 11.9 Å². The zero-order valence-corrected chi connectivity index (χ0v) is 14.3. The van der Waals surface area contributed by atoms with Crippen LogP contribution in [-0.2, 0) is 11.3 Å². The number of nitrogens with zero attached hydrogens (tertiary/aromatic N) is 1. The smallest absolute Gasteiger partial charge is 0.237 e. The Morgan fingerprint density at radius 1 is 1.39 bits per heavy atom. The molecule has 0 aromatic carbocycles. The van der Waals surface area contributed by atoms with E-state index in [2.05, 4.69) is 29.6 Å². The fraction of sp³-hybridized carbons (Fsp3) is 0.778. The minimum absolute atomic E-state index is 0.0375. The molecule has 0 bridgehead atoms. The first-order valence-electron chi connectivity index (χ1n) is 9.20. The topological polar surface area (TPSA) is 67.2 Å². The van der Waals surface area contributed by atoms with Gasteiger partial charge in [0.15, 0.2) is 5.76 Å². The van der Waals surface area contributed by atoms with Crippen molar-refractivity contribution in [1.29, 1.82) is 0 Å². The average molecular weight is 319 g/mol. The molecule has 1 saturated carbocycles. The highest BCUT2D eigenvalue weighted by Crippen LogP contribution is 2.33. The van der Waals surface area contributed by atoms with E-state index in [1.54, 1.807) is 0 Å². The third-order valence-electron chi connectivity index (χ3n) is 5.60. The Kier molecular flexibility index (Phi) is 5.36.